The first-order valence-electron chi connectivity index (χ1n) is 20.9. The van der Waals surface area contributed by atoms with Crippen LogP contribution in [-0.2, 0) is 0 Å². The molecular weight excluding hydrogens is 669 g/mol. The molecule has 0 saturated carbocycles. The molecule has 0 fully saturated rings. The highest BCUT2D eigenvalue weighted by Crippen LogP contribution is 2.41. The highest BCUT2D eigenvalue weighted by molar-refractivity contribution is 6.15. The Morgan fingerprint density at radius 3 is 1.69 bits per heavy atom. The third kappa shape index (κ3) is 4.50. The van der Waals surface area contributed by atoms with E-state index in [4.69, 9.17) is 11.3 Å². The third-order valence-electron chi connectivity index (χ3n) is 11.2. The fourth-order valence-corrected chi connectivity index (χ4v) is 8.72. The van der Waals surface area contributed by atoms with E-state index in [0.29, 0.717) is 22.1 Å². The molecule has 3 aromatic heterocycles. The number of aromatic nitrogens is 2. The lowest BCUT2D eigenvalue weighted by atomic mass is 9.99. The van der Waals surface area contributed by atoms with Crippen molar-refractivity contribution in [1.82, 2.24) is 9.13 Å². The summed E-state index contributed by atoms with van der Waals surface area (Å²) in [4.78, 5) is 0. The first kappa shape index (κ1) is 25.6. The van der Waals surface area contributed by atoms with Gasteiger partial charge in [-0.15, -0.1) is 0 Å². The molecule has 3 heterocycles. The number of benzene rings is 9. The fraction of sp³-hybridized carbons (Fsp3) is 0. The van der Waals surface area contributed by atoms with Crippen LogP contribution in [0.15, 0.2) is 198 Å². The summed E-state index contributed by atoms with van der Waals surface area (Å²) < 4.78 is 53.2. The molecule has 3 nitrogen and oxygen atoms in total. The average molecular weight is 706 g/mol. The molecule has 0 bridgehead atoms. The Morgan fingerprint density at radius 1 is 0.382 bits per heavy atom. The van der Waals surface area contributed by atoms with Gasteiger partial charge in [0.2, 0.25) is 0 Å². The quantitative estimate of drug-likeness (QED) is 0.179. The maximum Gasteiger partial charge on any atom is 0.137 e. The van der Waals surface area contributed by atoms with Crippen LogP contribution in [-0.4, -0.2) is 9.13 Å². The lowest BCUT2D eigenvalue weighted by molar-refractivity contribution is 0.668. The van der Waals surface area contributed by atoms with Gasteiger partial charge in [-0.2, -0.15) is 0 Å². The number of hydrogen-bond acceptors (Lipinski definition) is 1. The molecule has 0 spiro atoms. The summed E-state index contributed by atoms with van der Waals surface area (Å²) in [5.41, 5.74) is 10.7. The van der Waals surface area contributed by atoms with E-state index in [9.17, 15) is 0 Å². The Labute approximate surface area is 323 Å². The van der Waals surface area contributed by atoms with Crippen LogP contribution in [0.4, 0.5) is 0 Å². The van der Waals surface area contributed by atoms with Crippen LogP contribution in [0.2, 0.25) is 0 Å². The van der Waals surface area contributed by atoms with E-state index < -0.39 is 6.04 Å². The smallest absolute Gasteiger partial charge is 0.137 e. The summed E-state index contributed by atoms with van der Waals surface area (Å²) in [5, 5.41) is 8.63. The molecule has 0 aliphatic heterocycles. The third-order valence-corrected chi connectivity index (χ3v) is 11.2. The highest BCUT2D eigenvalue weighted by atomic mass is 16.3. The van der Waals surface area contributed by atoms with Crippen molar-refractivity contribution in [3.8, 4) is 33.6 Å². The summed E-state index contributed by atoms with van der Waals surface area (Å²) in [5.74, 6) is 0. The van der Waals surface area contributed by atoms with Crippen LogP contribution in [0, 0.1) is 0 Å². The van der Waals surface area contributed by atoms with Gasteiger partial charge in [0.25, 0.3) is 0 Å². The topological polar surface area (TPSA) is 23.0 Å². The van der Waals surface area contributed by atoms with Gasteiger partial charge in [-0.05, 0) is 99.8 Å². The van der Waals surface area contributed by atoms with Crippen LogP contribution in [0.3, 0.4) is 0 Å². The molecular formula is C52H32N2O. The van der Waals surface area contributed by atoms with Gasteiger partial charge < -0.3 is 13.6 Å². The molecule has 0 N–H and O–H groups in total. The zero-order valence-corrected chi connectivity index (χ0v) is 29.4. The van der Waals surface area contributed by atoms with Gasteiger partial charge in [0.1, 0.15) is 11.2 Å². The summed E-state index contributed by atoms with van der Waals surface area (Å²) in [7, 11) is 0. The van der Waals surface area contributed by atoms with E-state index in [1.54, 1.807) is 12.1 Å². The average Bonchev–Trinajstić information content (AvgIpc) is 3.94. The minimum absolute atomic E-state index is 0.159. The zero-order chi connectivity index (χ0) is 40.4. The van der Waals surface area contributed by atoms with Crippen molar-refractivity contribution in [1.29, 1.82) is 0 Å². The minimum Gasteiger partial charge on any atom is -0.456 e. The number of nitrogens with zero attached hydrogens (tertiary/aromatic N) is 2. The predicted octanol–water partition coefficient (Wildman–Crippen LogP) is 14.3. The summed E-state index contributed by atoms with van der Waals surface area (Å²) >= 11 is 0. The maximum atomic E-state index is 8.68. The van der Waals surface area contributed by atoms with Gasteiger partial charge in [-0.25, -0.2) is 0 Å². The lowest BCUT2D eigenvalue weighted by Gasteiger charge is -2.10. The highest BCUT2D eigenvalue weighted by Gasteiger charge is 2.18. The molecule has 0 atom stereocenters. The Hall–Kier alpha value is -7.36. The van der Waals surface area contributed by atoms with E-state index in [2.05, 4.69) is 143 Å². The minimum atomic E-state index is -0.414. The van der Waals surface area contributed by atoms with Crippen LogP contribution < -0.4 is 0 Å². The van der Waals surface area contributed by atoms with Crippen LogP contribution in [0.5, 0.6) is 0 Å². The molecule has 0 unspecified atom stereocenters. The van der Waals surface area contributed by atoms with Crippen molar-refractivity contribution < 1.29 is 11.3 Å². The second kappa shape index (κ2) is 11.6. The van der Waals surface area contributed by atoms with Crippen molar-refractivity contribution in [3.63, 3.8) is 0 Å². The normalized spacial score (nSPS) is 13.3. The number of para-hydroxylation sites is 2. The van der Waals surface area contributed by atoms with Gasteiger partial charge in [0.15, 0.2) is 0 Å². The van der Waals surface area contributed by atoms with Crippen LogP contribution >= 0.6 is 0 Å². The van der Waals surface area contributed by atoms with Gasteiger partial charge in [0.05, 0.1) is 28.9 Å². The monoisotopic (exact) mass is 705 g/mol. The first-order valence-corrected chi connectivity index (χ1v) is 18.4. The Kier molecular flexibility index (Phi) is 5.38. The largest absolute Gasteiger partial charge is 0.456 e. The molecule has 256 valence electrons. The Morgan fingerprint density at radius 2 is 0.982 bits per heavy atom. The second-order valence-electron chi connectivity index (χ2n) is 14.2. The Balaban J connectivity index is 0.999. The molecule has 55 heavy (non-hydrogen) atoms. The van der Waals surface area contributed by atoms with E-state index >= 15 is 0 Å². The van der Waals surface area contributed by atoms with E-state index in [1.165, 1.54) is 27.1 Å². The molecule has 0 radical (unpaired) electrons. The van der Waals surface area contributed by atoms with Crippen molar-refractivity contribution in [2.75, 3.05) is 0 Å². The zero-order valence-electron chi connectivity index (χ0n) is 34.4. The Bertz CT molecular complexity index is 3770. The molecule has 0 saturated heterocycles. The molecule has 0 aliphatic carbocycles. The van der Waals surface area contributed by atoms with Gasteiger partial charge >= 0.3 is 0 Å². The molecule has 12 aromatic rings. The van der Waals surface area contributed by atoms with E-state index in [1.807, 2.05) is 18.2 Å². The standard InChI is InChI=1S/C52H32N2O/c1-2-12-34(13-3-1)40-17-10-20-50-52(40)43-26-25-39(32-51(43)55-50)54-47-19-9-7-16-42(47)45-31-37(23-28-49(45)54)36-22-27-48-44(30-36)41-15-6-8-18-46(41)53(48)38-24-21-33-11-4-5-14-35(33)29-38/h1-32H/i1D,2D,3D,12D,13D. The predicted molar refractivity (Wildman–Crippen MR) is 231 cm³/mol. The molecule has 9 aromatic carbocycles. The number of fused-ring (bicyclic) bond motifs is 10. The van der Waals surface area contributed by atoms with Crippen molar-refractivity contribution >= 4 is 76.3 Å². The molecule has 0 aliphatic rings. The van der Waals surface area contributed by atoms with Crippen molar-refractivity contribution in [2.24, 2.45) is 0 Å². The number of hydrogen-bond donors (Lipinski definition) is 0. The number of rotatable bonds is 4. The second-order valence-corrected chi connectivity index (χ2v) is 14.2. The van der Waals surface area contributed by atoms with Crippen LogP contribution in [0.25, 0.3) is 110 Å². The summed E-state index contributed by atoms with van der Waals surface area (Å²) in [6.07, 6.45) is 0. The lowest BCUT2D eigenvalue weighted by Crippen LogP contribution is -1.94. The summed E-state index contributed by atoms with van der Waals surface area (Å²) in [6.45, 7) is 0. The van der Waals surface area contributed by atoms with Gasteiger partial charge in [-0.1, -0.05) is 121 Å². The number of furan rings is 1. The van der Waals surface area contributed by atoms with Crippen molar-refractivity contribution in [2.45, 2.75) is 0 Å². The van der Waals surface area contributed by atoms with E-state index in [0.717, 1.165) is 55.2 Å². The van der Waals surface area contributed by atoms with Crippen LogP contribution in [0.1, 0.15) is 6.85 Å². The first-order chi connectivity index (χ1) is 29.3. The van der Waals surface area contributed by atoms with Gasteiger partial charge in [0, 0.05) is 49.8 Å². The maximum absolute atomic E-state index is 8.68. The fourth-order valence-electron chi connectivity index (χ4n) is 8.72. The van der Waals surface area contributed by atoms with E-state index in [-0.39, 0.29) is 29.7 Å². The SMILES string of the molecule is [2H]c1c([2H])c([2H])c(-c2cccc3oc4cc(-n5c6ccccc6c6cc(-c7ccc8c(c7)c7ccccc7n8-c7ccc8ccccc8c7)ccc65)ccc4c23)c([2H])c1[2H]. The molecule has 12 rings (SSSR count). The van der Waals surface area contributed by atoms with Crippen molar-refractivity contribution in [3.05, 3.63) is 194 Å². The van der Waals surface area contributed by atoms with Gasteiger partial charge in [-0.3, -0.25) is 0 Å². The molecule has 3 heteroatoms. The molecule has 0 amide bonds. The summed E-state index contributed by atoms with van der Waals surface area (Å²) in [6, 6.07) is 55.7.